The fraction of sp³-hybridized carbons (Fsp3) is 0.192. The molecule has 0 saturated heterocycles. The van der Waals surface area contributed by atoms with Crippen molar-refractivity contribution in [1.29, 1.82) is 0 Å². The van der Waals surface area contributed by atoms with Crippen molar-refractivity contribution in [2.24, 2.45) is 5.73 Å². The standard InChI is InChI=1S/C26H25NO6S/c1-31-22-14-10-20(11-15-22)21-12-16-23(17-13-21)34(29,30)24(26(27,33-3)25(28)32-2)18-9-19-7-5-4-6-8-19/h4-8,10-17,24H,27H2,1-3H3/t24-,26-/m0/s1. The van der Waals surface area contributed by atoms with Crippen LogP contribution >= 0.6 is 0 Å². The van der Waals surface area contributed by atoms with Gasteiger partial charge < -0.3 is 14.2 Å². The lowest BCUT2D eigenvalue weighted by molar-refractivity contribution is -0.164. The summed E-state index contributed by atoms with van der Waals surface area (Å²) in [6.07, 6.45) is 0. The van der Waals surface area contributed by atoms with Crippen LogP contribution in [-0.4, -0.2) is 46.7 Å². The monoisotopic (exact) mass is 479 g/mol. The Bertz CT molecular complexity index is 1290. The molecule has 2 N–H and O–H groups in total. The molecule has 2 atom stereocenters. The Hall–Kier alpha value is -3.64. The maximum Gasteiger partial charge on any atom is 0.355 e. The van der Waals surface area contributed by atoms with Crippen LogP contribution in [0, 0.1) is 11.8 Å². The second kappa shape index (κ2) is 10.5. The molecule has 0 aliphatic rings. The summed E-state index contributed by atoms with van der Waals surface area (Å²) >= 11 is 0. The second-order valence-electron chi connectivity index (χ2n) is 7.30. The number of hydrogen-bond donors (Lipinski definition) is 1. The van der Waals surface area contributed by atoms with Crippen LogP contribution in [0.3, 0.4) is 0 Å². The Morgan fingerprint density at radius 3 is 1.94 bits per heavy atom. The van der Waals surface area contributed by atoms with Crippen LogP contribution in [0.15, 0.2) is 83.8 Å². The number of benzene rings is 3. The third kappa shape index (κ3) is 5.13. The zero-order valence-electron chi connectivity index (χ0n) is 19.0. The van der Waals surface area contributed by atoms with Crippen molar-refractivity contribution in [2.45, 2.75) is 15.9 Å². The Morgan fingerprint density at radius 2 is 1.44 bits per heavy atom. The predicted octanol–water partition coefficient (Wildman–Crippen LogP) is 3.03. The maximum atomic E-state index is 13.6. The largest absolute Gasteiger partial charge is 0.497 e. The first-order valence-electron chi connectivity index (χ1n) is 10.2. The fourth-order valence-electron chi connectivity index (χ4n) is 3.30. The molecule has 7 nitrogen and oxygen atoms in total. The SMILES string of the molecule is COC(=O)[C@@](N)(OC)[C@H](C#Cc1ccccc1)S(=O)(=O)c1ccc(-c2ccc(OC)cc2)cc1. The summed E-state index contributed by atoms with van der Waals surface area (Å²) in [4.78, 5) is 12.4. The number of ether oxygens (including phenoxy) is 3. The molecular formula is C26H25NO6S. The number of esters is 1. The minimum Gasteiger partial charge on any atom is -0.497 e. The van der Waals surface area contributed by atoms with Crippen LogP contribution in [0.1, 0.15) is 5.56 Å². The molecule has 0 amide bonds. The summed E-state index contributed by atoms with van der Waals surface area (Å²) in [5.41, 5.74) is 6.03. The van der Waals surface area contributed by atoms with E-state index in [9.17, 15) is 13.2 Å². The second-order valence-corrected chi connectivity index (χ2v) is 9.33. The number of methoxy groups -OCH3 is 3. The van der Waals surface area contributed by atoms with Gasteiger partial charge in [-0.1, -0.05) is 54.3 Å². The van der Waals surface area contributed by atoms with Gasteiger partial charge in [0, 0.05) is 12.7 Å². The van der Waals surface area contributed by atoms with Crippen LogP contribution in [0.25, 0.3) is 11.1 Å². The summed E-state index contributed by atoms with van der Waals surface area (Å²) in [7, 11) is -0.436. The summed E-state index contributed by atoms with van der Waals surface area (Å²) < 4.78 is 42.3. The van der Waals surface area contributed by atoms with Gasteiger partial charge in [-0.15, -0.1) is 0 Å². The molecule has 0 unspecified atom stereocenters. The molecule has 0 aliphatic heterocycles. The van der Waals surface area contributed by atoms with E-state index in [1.165, 1.54) is 12.1 Å². The summed E-state index contributed by atoms with van der Waals surface area (Å²) in [6.45, 7) is 0. The molecular weight excluding hydrogens is 454 g/mol. The van der Waals surface area contributed by atoms with Crippen LogP contribution in [0.5, 0.6) is 5.75 Å². The van der Waals surface area contributed by atoms with Crippen molar-refractivity contribution in [3.8, 4) is 28.7 Å². The van der Waals surface area contributed by atoms with Crippen LogP contribution in [0.4, 0.5) is 0 Å². The third-order valence-corrected chi connectivity index (χ3v) is 7.29. The average molecular weight is 480 g/mol. The lowest BCUT2D eigenvalue weighted by atomic mass is 10.1. The molecule has 0 fully saturated rings. The highest BCUT2D eigenvalue weighted by molar-refractivity contribution is 7.92. The molecule has 0 aromatic heterocycles. The van der Waals surface area contributed by atoms with E-state index in [0.717, 1.165) is 25.3 Å². The summed E-state index contributed by atoms with van der Waals surface area (Å²) in [5, 5.41) is -1.73. The van der Waals surface area contributed by atoms with E-state index in [1.54, 1.807) is 49.6 Å². The highest BCUT2D eigenvalue weighted by Crippen LogP contribution is 2.28. The summed E-state index contributed by atoms with van der Waals surface area (Å²) in [5.74, 6) is 5.07. The predicted molar refractivity (Wildman–Crippen MR) is 129 cm³/mol. The number of carbonyl (C=O) groups excluding carboxylic acids is 1. The summed E-state index contributed by atoms with van der Waals surface area (Å²) in [6, 6.07) is 22.3. The lowest BCUT2D eigenvalue weighted by Gasteiger charge is -2.29. The van der Waals surface area contributed by atoms with E-state index in [4.69, 9.17) is 19.9 Å². The third-order valence-electron chi connectivity index (χ3n) is 5.27. The van der Waals surface area contributed by atoms with Crippen molar-refractivity contribution in [1.82, 2.24) is 0 Å². The first kappa shape index (κ1) is 25.0. The molecule has 0 spiro atoms. The highest BCUT2D eigenvalue weighted by Gasteiger charge is 2.51. The van der Waals surface area contributed by atoms with Gasteiger partial charge in [-0.2, -0.15) is 0 Å². The van der Waals surface area contributed by atoms with Gasteiger partial charge in [0.05, 0.1) is 19.1 Å². The molecule has 34 heavy (non-hydrogen) atoms. The van der Waals surface area contributed by atoms with Crippen LogP contribution in [0.2, 0.25) is 0 Å². The van der Waals surface area contributed by atoms with Gasteiger partial charge in [0.2, 0.25) is 5.72 Å². The number of carbonyl (C=O) groups is 1. The van der Waals surface area contributed by atoms with E-state index in [2.05, 4.69) is 11.8 Å². The molecule has 8 heteroatoms. The van der Waals surface area contributed by atoms with Gasteiger partial charge in [0.1, 0.15) is 5.75 Å². The van der Waals surface area contributed by atoms with E-state index >= 15 is 0 Å². The number of nitrogens with two attached hydrogens (primary N) is 1. The molecule has 3 aromatic rings. The fourth-order valence-corrected chi connectivity index (χ4v) is 4.95. The van der Waals surface area contributed by atoms with Crippen molar-refractivity contribution in [3.63, 3.8) is 0 Å². The Morgan fingerprint density at radius 1 is 0.882 bits per heavy atom. The smallest absolute Gasteiger partial charge is 0.355 e. The zero-order chi connectivity index (χ0) is 24.8. The normalized spacial score (nSPS) is 13.6. The van der Waals surface area contributed by atoms with E-state index < -0.39 is 26.8 Å². The molecule has 0 aliphatic carbocycles. The van der Waals surface area contributed by atoms with E-state index in [0.29, 0.717) is 11.3 Å². The highest BCUT2D eigenvalue weighted by atomic mass is 32.2. The number of sulfone groups is 1. The Labute approximate surface area is 199 Å². The lowest BCUT2D eigenvalue weighted by Crippen LogP contribution is -2.61. The quantitative estimate of drug-likeness (QED) is 0.315. The molecule has 0 radical (unpaired) electrons. The van der Waals surface area contributed by atoms with Crippen molar-refractivity contribution >= 4 is 15.8 Å². The average Bonchev–Trinajstić information content (AvgIpc) is 2.88. The van der Waals surface area contributed by atoms with E-state index in [-0.39, 0.29) is 4.90 Å². The molecule has 3 rings (SSSR count). The van der Waals surface area contributed by atoms with Gasteiger partial charge in [0.25, 0.3) is 0 Å². The number of rotatable bonds is 7. The van der Waals surface area contributed by atoms with Gasteiger partial charge in [0.15, 0.2) is 15.1 Å². The van der Waals surface area contributed by atoms with Gasteiger partial charge >= 0.3 is 5.97 Å². The Balaban J connectivity index is 2.05. The minimum absolute atomic E-state index is 0.0621. The maximum absolute atomic E-state index is 13.6. The first-order valence-corrected chi connectivity index (χ1v) is 11.8. The first-order chi connectivity index (χ1) is 16.3. The van der Waals surface area contributed by atoms with Crippen LogP contribution in [-0.2, 0) is 24.1 Å². The van der Waals surface area contributed by atoms with Crippen LogP contribution < -0.4 is 10.5 Å². The minimum atomic E-state index is -4.25. The molecule has 0 heterocycles. The van der Waals surface area contributed by atoms with Crippen molar-refractivity contribution < 1.29 is 27.4 Å². The molecule has 0 bridgehead atoms. The van der Waals surface area contributed by atoms with Gasteiger partial charge in [-0.05, 0) is 47.5 Å². The molecule has 176 valence electrons. The van der Waals surface area contributed by atoms with Gasteiger partial charge in [-0.25, -0.2) is 13.2 Å². The van der Waals surface area contributed by atoms with E-state index in [1.807, 2.05) is 24.3 Å². The van der Waals surface area contributed by atoms with Gasteiger partial charge in [-0.3, -0.25) is 5.73 Å². The molecule has 3 aromatic carbocycles. The molecule has 0 saturated carbocycles. The number of hydrogen-bond acceptors (Lipinski definition) is 7. The van der Waals surface area contributed by atoms with Crippen molar-refractivity contribution in [3.05, 3.63) is 84.4 Å². The topological polar surface area (TPSA) is 105 Å². The Kier molecular flexibility index (Phi) is 7.74. The zero-order valence-corrected chi connectivity index (χ0v) is 19.8. The van der Waals surface area contributed by atoms with Crippen molar-refractivity contribution in [2.75, 3.05) is 21.3 Å².